The predicted octanol–water partition coefficient (Wildman–Crippen LogP) is 1.28. The number of carbonyl (C=O) groups excluding carboxylic acids is 1. The molecule has 1 saturated heterocycles. The van der Waals surface area contributed by atoms with Crippen molar-refractivity contribution in [3.05, 3.63) is 29.6 Å². The van der Waals surface area contributed by atoms with Gasteiger partial charge in [-0.3, -0.25) is 4.79 Å². The van der Waals surface area contributed by atoms with E-state index in [2.05, 4.69) is 0 Å². The Balaban J connectivity index is 2.18. The van der Waals surface area contributed by atoms with Crippen LogP contribution in [-0.4, -0.2) is 23.7 Å². The van der Waals surface area contributed by atoms with Crippen molar-refractivity contribution in [3.8, 4) is 5.75 Å². The van der Waals surface area contributed by atoms with Crippen LogP contribution in [0.2, 0.25) is 0 Å². The topological polar surface area (TPSA) is 72.6 Å². The van der Waals surface area contributed by atoms with Crippen molar-refractivity contribution in [3.63, 3.8) is 0 Å². The van der Waals surface area contributed by atoms with Gasteiger partial charge in [0.05, 0.1) is 0 Å². The number of hydrogen-bond donors (Lipinski definition) is 2. The molecule has 1 aromatic carbocycles. The minimum Gasteiger partial charge on any atom is -0.508 e. The summed E-state index contributed by atoms with van der Waals surface area (Å²) in [6, 6.07) is 3.93. The molecular weight excluding hydrogens is 225 g/mol. The number of primary amides is 1. The van der Waals surface area contributed by atoms with Gasteiger partial charge < -0.3 is 15.6 Å². The van der Waals surface area contributed by atoms with Gasteiger partial charge in [-0.25, -0.2) is 4.39 Å². The van der Waals surface area contributed by atoms with E-state index in [0.717, 1.165) is 6.07 Å². The minimum absolute atomic E-state index is 0.0113. The number of phenolic OH excluding ortho intramolecular Hbond substituents is 1. The monoisotopic (exact) mass is 239 g/mol. The molecule has 2 unspecified atom stereocenters. The van der Waals surface area contributed by atoms with Crippen LogP contribution in [0, 0.1) is 5.82 Å². The van der Waals surface area contributed by atoms with E-state index in [1.54, 1.807) is 0 Å². The summed E-state index contributed by atoms with van der Waals surface area (Å²) in [5.74, 6) is -1.11. The summed E-state index contributed by atoms with van der Waals surface area (Å²) in [5.41, 5.74) is 5.86. The Bertz CT molecular complexity index is 416. The van der Waals surface area contributed by atoms with E-state index >= 15 is 0 Å². The van der Waals surface area contributed by atoms with Crippen LogP contribution in [0.15, 0.2) is 18.2 Å². The van der Waals surface area contributed by atoms with Gasteiger partial charge in [-0.05, 0) is 36.5 Å². The van der Waals surface area contributed by atoms with Crippen LogP contribution in [-0.2, 0) is 9.53 Å². The normalized spacial score (nSPS) is 24.5. The molecule has 1 heterocycles. The summed E-state index contributed by atoms with van der Waals surface area (Å²) >= 11 is 0. The standard InChI is InChI=1S/C12H14FNO3/c13-9-3-8(4-10(15)6-9)7-1-2-17-11(5-7)12(14)16/h3-4,6-7,11,15H,1-2,5H2,(H2,14,16). The largest absolute Gasteiger partial charge is 0.508 e. The molecule has 17 heavy (non-hydrogen) atoms. The lowest BCUT2D eigenvalue weighted by atomic mass is 9.88. The third kappa shape index (κ3) is 2.74. The zero-order chi connectivity index (χ0) is 12.4. The molecule has 4 nitrogen and oxygen atoms in total. The van der Waals surface area contributed by atoms with Crippen molar-refractivity contribution >= 4 is 5.91 Å². The fourth-order valence-electron chi connectivity index (χ4n) is 2.13. The second kappa shape index (κ2) is 4.71. The number of rotatable bonds is 2. The highest BCUT2D eigenvalue weighted by Crippen LogP contribution is 2.32. The number of nitrogens with two attached hydrogens (primary N) is 1. The lowest BCUT2D eigenvalue weighted by Gasteiger charge is -2.28. The maximum atomic E-state index is 13.2. The molecule has 1 aliphatic rings. The summed E-state index contributed by atoms with van der Waals surface area (Å²) in [6.07, 6.45) is 0.490. The molecule has 1 aromatic rings. The third-order valence-electron chi connectivity index (χ3n) is 2.98. The summed E-state index contributed by atoms with van der Waals surface area (Å²) in [6.45, 7) is 0.412. The van der Waals surface area contributed by atoms with E-state index in [1.165, 1.54) is 12.1 Å². The first-order valence-corrected chi connectivity index (χ1v) is 5.46. The Morgan fingerprint density at radius 2 is 2.24 bits per heavy atom. The zero-order valence-corrected chi connectivity index (χ0v) is 9.23. The van der Waals surface area contributed by atoms with Gasteiger partial charge in [0.2, 0.25) is 5.91 Å². The highest BCUT2D eigenvalue weighted by Gasteiger charge is 2.27. The van der Waals surface area contributed by atoms with Crippen LogP contribution < -0.4 is 5.73 Å². The summed E-state index contributed by atoms with van der Waals surface area (Å²) in [4.78, 5) is 11.0. The molecular formula is C12H14FNO3. The molecule has 0 aliphatic carbocycles. The average molecular weight is 239 g/mol. The highest BCUT2D eigenvalue weighted by molar-refractivity contribution is 5.79. The molecule has 0 saturated carbocycles. The smallest absolute Gasteiger partial charge is 0.246 e. The van der Waals surface area contributed by atoms with Gasteiger partial charge >= 0.3 is 0 Å². The molecule has 2 rings (SSSR count). The average Bonchev–Trinajstić information content (AvgIpc) is 2.28. The summed E-state index contributed by atoms with van der Waals surface area (Å²) in [5, 5.41) is 9.34. The molecule has 0 bridgehead atoms. The van der Waals surface area contributed by atoms with E-state index in [-0.39, 0.29) is 11.7 Å². The van der Waals surface area contributed by atoms with E-state index < -0.39 is 17.8 Å². The minimum atomic E-state index is -0.626. The van der Waals surface area contributed by atoms with Crippen molar-refractivity contribution in [1.82, 2.24) is 0 Å². The van der Waals surface area contributed by atoms with Crippen molar-refractivity contribution in [2.75, 3.05) is 6.61 Å². The summed E-state index contributed by atoms with van der Waals surface area (Å²) in [7, 11) is 0. The van der Waals surface area contributed by atoms with Crippen LogP contribution in [0.5, 0.6) is 5.75 Å². The van der Waals surface area contributed by atoms with Crippen LogP contribution >= 0.6 is 0 Å². The van der Waals surface area contributed by atoms with Gasteiger partial charge in [-0.15, -0.1) is 0 Å². The van der Waals surface area contributed by atoms with Crippen molar-refractivity contribution in [2.45, 2.75) is 24.9 Å². The molecule has 1 amide bonds. The second-order valence-corrected chi connectivity index (χ2v) is 4.23. The van der Waals surface area contributed by atoms with Gasteiger partial charge in [0.15, 0.2) is 0 Å². The SMILES string of the molecule is NC(=O)C1CC(c2cc(O)cc(F)c2)CCO1. The maximum absolute atomic E-state index is 13.2. The summed E-state index contributed by atoms with van der Waals surface area (Å²) < 4.78 is 18.4. The Labute approximate surface area is 98.2 Å². The Hall–Kier alpha value is -1.62. The molecule has 1 fully saturated rings. The number of halogens is 1. The zero-order valence-electron chi connectivity index (χ0n) is 9.23. The lowest BCUT2D eigenvalue weighted by Crippen LogP contribution is -2.36. The molecule has 5 heteroatoms. The van der Waals surface area contributed by atoms with Crippen LogP contribution in [0.3, 0.4) is 0 Å². The van der Waals surface area contributed by atoms with Gasteiger partial charge in [-0.1, -0.05) is 0 Å². The number of ether oxygens (including phenoxy) is 1. The van der Waals surface area contributed by atoms with Gasteiger partial charge in [-0.2, -0.15) is 0 Å². The number of amides is 1. The van der Waals surface area contributed by atoms with Crippen molar-refractivity contribution in [2.24, 2.45) is 5.73 Å². The quantitative estimate of drug-likeness (QED) is 0.816. The molecule has 1 aliphatic heterocycles. The maximum Gasteiger partial charge on any atom is 0.246 e. The lowest BCUT2D eigenvalue weighted by molar-refractivity contribution is -0.132. The third-order valence-corrected chi connectivity index (χ3v) is 2.98. The number of phenols is 1. The molecule has 0 radical (unpaired) electrons. The Kier molecular flexibility index (Phi) is 3.28. The first kappa shape index (κ1) is 11.9. The van der Waals surface area contributed by atoms with Gasteiger partial charge in [0.25, 0.3) is 0 Å². The van der Waals surface area contributed by atoms with Crippen LogP contribution in [0.4, 0.5) is 4.39 Å². The van der Waals surface area contributed by atoms with Crippen LogP contribution in [0.1, 0.15) is 24.3 Å². The van der Waals surface area contributed by atoms with Crippen molar-refractivity contribution in [1.29, 1.82) is 0 Å². The number of aromatic hydroxyl groups is 1. The molecule has 0 aromatic heterocycles. The first-order chi connectivity index (χ1) is 8.06. The predicted molar refractivity (Wildman–Crippen MR) is 59.0 cm³/mol. The molecule has 2 atom stereocenters. The number of hydrogen-bond acceptors (Lipinski definition) is 3. The molecule has 3 N–H and O–H groups in total. The molecule has 92 valence electrons. The van der Waals surface area contributed by atoms with E-state index in [1.807, 2.05) is 0 Å². The second-order valence-electron chi connectivity index (χ2n) is 4.23. The Morgan fingerprint density at radius 3 is 2.88 bits per heavy atom. The van der Waals surface area contributed by atoms with Gasteiger partial charge in [0, 0.05) is 12.7 Å². The molecule has 0 spiro atoms. The fourth-order valence-corrected chi connectivity index (χ4v) is 2.13. The fraction of sp³-hybridized carbons (Fsp3) is 0.417. The van der Waals surface area contributed by atoms with E-state index in [0.29, 0.717) is 25.0 Å². The highest BCUT2D eigenvalue weighted by atomic mass is 19.1. The Morgan fingerprint density at radius 1 is 1.47 bits per heavy atom. The number of benzene rings is 1. The van der Waals surface area contributed by atoms with Crippen LogP contribution in [0.25, 0.3) is 0 Å². The van der Waals surface area contributed by atoms with E-state index in [4.69, 9.17) is 10.5 Å². The number of carbonyl (C=O) groups is 1. The van der Waals surface area contributed by atoms with E-state index in [9.17, 15) is 14.3 Å². The van der Waals surface area contributed by atoms with Crippen molar-refractivity contribution < 1.29 is 19.0 Å². The first-order valence-electron chi connectivity index (χ1n) is 5.46. The van der Waals surface area contributed by atoms with Gasteiger partial charge in [0.1, 0.15) is 17.7 Å².